The van der Waals surface area contributed by atoms with Crippen LogP contribution in [-0.4, -0.2) is 75.9 Å². The molecule has 0 amide bonds. The van der Waals surface area contributed by atoms with Gasteiger partial charge in [0.1, 0.15) is 0 Å². The minimum Gasteiger partial charge on any atom is -0.379 e. The maximum atomic E-state index is 6.51. The van der Waals surface area contributed by atoms with Crippen LogP contribution in [0, 0.1) is 46.8 Å². The molecular formula is C56H101NO4. The lowest BCUT2D eigenvalue weighted by Gasteiger charge is -2.55. The molecule has 0 spiro atoms. The highest BCUT2D eigenvalue weighted by Gasteiger charge is 2.54. The molecule has 5 aliphatic rings. The van der Waals surface area contributed by atoms with Crippen molar-refractivity contribution in [3.63, 3.8) is 0 Å². The average molecular weight is 852 g/mol. The van der Waals surface area contributed by atoms with Gasteiger partial charge in [-0.15, -0.1) is 0 Å². The molecule has 0 radical (unpaired) electrons. The Morgan fingerprint density at radius 1 is 0.721 bits per heavy atom. The highest BCUT2D eigenvalue weighted by Crippen LogP contribution is 2.63. The molecular weight excluding hydrogens is 751 g/mol. The van der Waals surface area contributed by atoms with E-state index in [9.17, 15) is 0 Å². The summed E-state index contributed by atoms with van der Waals surface area (Å²) in [5.74, 6) is 6.57. The molecule has 0 bridgehead atoms. The molecule has 5 nitrogen and oxygen atoms in total. The summed E-state index contributed by atoms with van der Waals surface area (Å²) in [6, 6.07) is 0.645. The zero-order valence-corrected chi connectivity index (χ0v) is 41.3. The fraction of sp³-hybridized carbons (Fsp3) is 0.929. The van der Waals surface area contributed by atoms with E-state index in [-0.39, 0.29) is 6.10 Å². The highest BCUT2D eigenvalue weighted by molar-refractivity contribution is 5.25. The SMILES string of the molecule is CCCCCCCC/C=C\CCCCCCCCOCC(CN1CCCC1C)OCCOCCO[C@H]1CC[C@@]2(C)C(=CC[C@H]3C4CCC([C@H](C)CCCC(C)C)C4CCC32)C1. The lowest BCUT2D eigenvalue weighted by Crippen LogP contribution is -2.48. The number of likely N-dealkylation sites (tertiary alicyclic amines) is 1. The smallest absolute Gasteiger partial charge is 0.0936 e. The first kappa shape index (κ1) is 51.3. The summed E-state index contributed by atoms with van der Waals surface area (Å²) < 4.78 is 25.2. The van der Waals surface area contributed by atoms with E-state index >= 15 is 0 Å². The second kappa shape index (κ2) is 29.0. The van der Waals surface area contributed by atoms with Gasteiger partial charge in [0.25, 0.3) is 0 Å². The summed E-state index contributed by atoms with van der Waals surface area (Å²) in [5.41, 5.74) is 2.14. The summed E-state index contributed by atoms with van der Waals surface area (Å²) in [4.78, 5) is 2.59. The van der Waals surface area contributed by atoms with E-state index in [2.05, 4.69) is 64.7 Å². The Kier molecular flexibility index (Phi) is 24.4. The summed E-state index contributed by atoms with van der Waals surface area (Å²) in [6.07, 6.45) is 44.6. The van der Waals surface area contributed by atoms with Gasteiger partial charge in [0, 0.05) is 19.2 Å². The number of fused-ring (bicyclic) bond motifs is 5. The van der Waals surface area contributed by atoms with Gasteiger partial charge in [0.05, 0.1) is 45.2 Å². The van der Waals surface area contributed by atoms with Gasteiger partial charge < -0.3 is 18.9 Å². The van der Waals surface area contributed by atoms with Gasteiger partial charge in [-0.2, -0.15) is 0 Å². The van der Waals surface area contributed by atoms with Crippen molar-refractivity contribution in [2.75, 3.05) is 52.7 Å². The monoisotopic (exact) mass is 852 g/mol. The van der Waals surface area contributed by atoms with Crippen molar-refractivity contribution in [2.45, 2.75) is 233 Å². The summed E-state index contributed by atoms with van der Waals surface area (Å²) in [6.45, 7) is 21.0. The third-order valence-electron chi connectivity index (χ3n) is 17.0. The number of rotatable bonds is 33. The van der Waals surface area contributed by atoms with Crippen molar-refractivity contribution in [3.8, 4) is 0 Å². The Balaban J connectivity index is 0.897. The molecule has 4 aliphatic carbocycles. The van der Waals surface area contributed by atoms with Crippen LogP contribution in [-0.2, 0) is 18.9 Å². The number of ether oxygens (including phenoxy) is 4. The van der Waals surface area contributed by atoms with Crippen LogP contribution in [0.5, 0.6) is 0 Å². The third kappa shape index (κ3) is 17.2. The van der Waals surface area contributed by atoms with Crippen LogP contribution in [0.1, 0.15) is 215 Å². The minimum atomic E-state index is 0.114. The van der Waals surface area contributed by atoms with E-state index in [1.807, 2.05) is 0 Å². The van der Waals surface area contributed by atoms with Gasteiger partial charge in [0.15, 0.2) is 0 Å². The zero-order chi connectivity index (χ0) is 43.1. The lowest BCUT2D eigenvalue weighted by molar-refractivity contribution is -0.0653. The summed E-state index contributed by atoms with van der Waals surface area (Å²) >= 11 is 0. The molecule has 354 valence electrons. The average Bonchev–Trinajstić information content (AvgIpc) is 3.88. The molecule has 0 aromatic carbocycles. The van der Waals surface area contributed by atoms with Gasteiger partial charge in [0.2, 0.25) is 0 Å². The third-order valence-corrected chi connectivity index (χ3v) is 17.0. The lowest BCUT2D eigenvalue weighted by atomic mass is 9.50. The molecule has 5 heteroatoms. The van der Waals surface area contributed by atoms with Crippen molar-refractivity contribution in [1.29, 1.82) is 0 Å². The molecule has 61 heavy (non-hydrogen) atoms. The van der Waals surface area contributed by atoms with Crippen LogP contribution in [0.3, 0.4) is 0 Å². The summed E-state index contributed by atoms with van der Waals surface area (Å²) in [7, 11) is 0. The van der Waals surface area contributed by atoms with Crippen LogP contribution >= 0.6 is 0 Å². The predicted octanol–water partition coefficient (Wildman–Crippen LogP) is 15.0. The summed E-state index contributed by atoms with van der Waals surface area (Å²) in [5, 5.41) is 0. The van der Waals surface area contributed by atoms with Crippen LogP contribution in [0.25, 0.3) is 0 Å². The quantitative estimate of drug-likeness (QED) is 0.0486. The van der Waals surface area contributed by atoms with Crippen molar-refractivity contribution < 1.29 is 18.9 Å². The maximum absolute atomic E-state index is 6.51. The molecule has 5 rings (SSSR count). The van der Waals surface area contributed by atoms with E-state index in [1.54, 1.807) is 5.57 Å². The molecule has 6 unspecified atom stereocenters. The zero-order valence-electron chi connectivity index (χ0n) is 41.3. The fourth-order valence-electron chi connectivity index (χ4n) is 13.2. The largest absolute Gasteiger partial charge is 0.379 e. The van der Waals surface area contributed by atoms with Crippen molar-refractivity contribution in [2.24, 2.45) is 46.8 Å². The van der Waals surface area contributed by atoms with Crippen LogP contribution in [0.15, 0.2) is 23.8 Å². The second-order valence-corrected chi connectivity index (χ2v) is 21.9. The number of nitrogens with zero attached hydrogens (tertiary/aromatic N) is 1. The maximum Gasteiger partial charge on any atom is 0.0936 e. The standard InChI is InChI=1S/C56H101NO4/c1-7-8-9-10-11-12-13-14-15-16-17-18-19-20-21-22-37-59-44-50(43-57-36-24-27-47(57)5)61-41-39-58-38-40-60-49-34-35-56(6)48(42-49)28-29-54-53-31-30-51(52(53)32-33-55(54)56)46(4)26-23-25-45(2)3/h14-15,28,45-47,49-55H,7-13,16-27,29-44H2,1-6H3/b15-14-/t46-,47?,49+,50?,51?,52?,53?,54+,55?,56+/m1/s1. The minimum absolute atomic E-state index is 0.114. The van der Waals surface area contributed by atoms with E-state index < -0.39 is 0 Å². The van der Waals surface area contributed by atoms with Crippen LogP contribution < -0.4 is 0 Å². The Morgan fingerprint density at radius 2 is 1.44 bits per heavy atom. The number of hydrogen-bond acceptors (Lipinski definition) is 5. The Morgan fingerprint density at radius 3 is 2.18 bits per heavy atom. The van der Waals surface area contributed by atoms with Gasteiger partial charge in [-0.05, 0) is 157 Å². The fourth-order valence-corrected chi connectivity index (χ4v) is 13.2. The van der Waals surface area contributed by atoms with Gasteiger partial charge >= 0.3 is 0 Å². The molecule has 0 aromatic heterocycles. The topological polar surface area (TPSA) is 40.2 Å². The molecule has 1 saturated heterocycles. The first-order valence-corrected chi connectivity index (χ1v) is 27.3. The molecule has 10 atom stereocenters. The van der Waals surface area contributed by atoms with Gasteiger partial charge in [-0.3, -0.25) is 4.90 Å². The first-order valence-electron chi connectivity index (χ1n) is 27.3. The van der Waals surface area contributed by atoms with Crippen molar-refractivity contribution in [1.82, 2.24) is 4.90 Å². The highest BCUT2D eigenvalue weighted by atomic mass is 16.6. The van der Waals surface area contributed by atoms with Gasteiger partial charge in [-0.1, -0.05) is 135 Å². The normalized spacial score (nSPS) is 30.1. The van der Waals surface area contributed by atoms with E-state index in [0.29, 0.717) is 50.6 Å². The molecule has 0 aromatic rings. The van der Waals surface area contributed by atoms with Crippen LogP contribution in [0.2, 0.25) is 0 Å². The Labute approximate surface area is 379 Å². The second-order valence-electron chi connectivity index (χ2n) is 21.9. The van der Waals surface area contributed by atoms with E-state index in [0.717, 1.165) is 67.4 Å². The molecule has 4 fully saturated rings. The molecule has 1 aliphatic heterocycles. The Hall–Kier alpha value is -0.720. The van der Waals surface area contributed by atoms with Crippen LogP contribution in [0.4, 0.5) is 0 Å². The van der Waals surface area contributed by atoms with E-state index in [4.69, 9.17) is 18.9 Å². The number of unbranched alkanes of at least 4 members (excludes halogenated alkanes) is 12. The predicted molar refractivity (Wildman–Crippen MR) is 259 cm³/mol. The Bertz CT molecular complexity index is 1200. The van der Waals surface area contributed by atoms with Gasteiger partial charge in [-0.25, -0.2) is 0 Å². The molecule has 0 N–H and O–H groups in total. The number of allylic oxidation sites excluding steroid dienone is 3. The van der Waals surface area contributed by atoms with Crippen molar-refractivity contribution in [3.05, 3.63) is 23.8 Å². The van der Waals surface area contributed by atoms with E-state index in [1.165, 1.54) is 167 Å². The number of hydrogen-bond donors (Lipinski definition) is 0. The van der Waals surface area contributed by atoms with Crippen molar-refractivity contribution >= 4 is 0 Å². The molecule has 1 heterocycles. The molecule has 3 saturated carbocycles. The first-order chi connectivity index (χ1) is 29.8.